The zero-order valence-electron chi connectivity index (χ0n) is 25.0. The van der Waals surface area contributed by atoms with E-state index >= 15 is 0 Å². The third kappa shape index (κ3) is 22.2. The second-order valence-electron chi connectivity index (χ2n) is 8.41. The van der Waals surface area contributed by atoms with Crippen molar-refractivity contribution in [3.8, 4) is 5.75 Å². The van der Waals surface area contributed by atoms with Gasteiger partial charge in [-0.05, 0) is 37.8 Å². The van der Waals surface area contributed by atoms with Crippen molar-refractivity contribution in [2.24, 2.45) is 0 Å². The van der Waals surface area contributed by atoms with E-state index in [1.54, 1.807) is 20.3 Å². The number of rotatable bonds is 7. The molecule has 2 heteroatoms. The minimum Gasteiger partial charge on any atom is -0.508 e. The third-order valence-electron chi connectivity index (χ3n) is 5.12. The highest BCUT2D eigenvalue weighted by Crippen LogP contribution is 2.35. The van der Waals surface area contributed by atoms with Crippen LogP contribution in [0, 0.1) is 6.92 Å². The molecule has 1 atom stereocenters. The van der Waals surface area contributed by atoms with Crippen molar-refractivity contribution in [2.75, 3.05) is 14.2 Å². The van der Waals surface area contributed by atoms with Crippen molar-refractivity contribution in [1.29, 1.82) is 0 Å². The number of phenolic OH excluding ortho intramolecular Hbond substituents is 1. The summed E-state index contributed by atoms with van der Waals surface area (Å²) in [6, 6.07) is 16.3. The molecule has 0 radical (unpaired) electrons. The molecule has 1 N–H and O–H groups in total. The van der Waals surface area contributed by atoms with Crippen LogP contribution in [0.1, 0.15) is 115 Å². The molecule has 3 rings (SSSR count). The number of ether oxygens (including phenoxy) is 1. The number of unbranched alkanes of at least 4 members (excludes halogenated alkanes) is 1. The summed E-state index contributed by atoms with van der Waals surface area (Å²) in [5.41, 5.74) is 3.52. The highest BCUT2D eigenvalue weighted by molar-refractivity contribution is 5.43. The maximum atomic E-state index is 10.1. The molecule has 0 spiro atoms. The molecule has 0 saturated heterocycles. The van der Waals surface area contributed by atoms with Gasteiger partial charge in [-0.25, -0.2) is 0 Å². The molecule has 36 heavy (non-hydrogen) atoms. The molecule has 0 bridgehead atoms. The second-order valence-corrected chi connectivity index (χ2v) is 8.41. The lowest BCUT2D eigenvalue weighted by Crippen LogP contribution is -2.01. The summed E-state index contributed by atoms with van der Waals surface area (Å²) in [4.78, 5) is 0. The first-order valence-electron chi connectivity index (χ1n) is 13.9. The van der Waals surface area contributed by atoms with E-state index in [0.29, 0.717) is 5.75 Å². The van der Waals surface area contributed by atoms with Gasteiger partial charge in [-0.3, -0.25) is 0 Å². The first kappa shape index (κ1) is 38.2. The molecule has 0 heterocycles. The largest absolute Gasteiger partial charge is 0.508 e. The van der Waals surface area contributed by atoms with Crippen molar-refractivity contribution in [2.45, 2.75) is 105 Å². The van der Waals surface area contributed by atoms with E-state index in [4.69, 9.17) is 0 Å². The Bertz CT molecular complexity index is 698. The topological polar surface area (TPSA) is 29.5 Å². The van der Waals surface area contributed by atoms with Crippen LogP contribution in [0.3, 0.4) is 0 Å². The van der Waals surface area contributed by atoms with Gasteiger partial charge in [-0.2, -0.15) is 0 Å². The molecule has 206 valence electrons. The van der Waals surface area contributed by atoms with Crippen molar-refractivity contribution >= 4 is 0 Å². The lowest BCUT2D eigenvalue weighted by molar-refractivity contribution is 0.277. The fraction of sp³-hybridized carbons (Fsp3) is 0.529. The monoisotopic (exact) mass is 498 g/mol. The van der Waals surface area contributed by atoms with Crippen molar-refractivity contribution in [3.63, 3.8) is 0 Å². The third-order valence-corrected chi connectivity index (χ3v) is 5.12. The molecule has 0 aromatic heterocycles. The zero-order chi connectivity index (χ0) is 28.0. The Hall–Kier alpha value is -2.32. The summed E-state index contributed by atoms with van der Waals surface area (Å²) in [6.07, 6.45) is 15.4. The quantitative estimate of drug-likeness (QED) is 0.385. The Morgan fingerprint density at radius 1 is 0.861 bits per heavy atom. The summed E-state index contributed by atoms with van der Waals surface area (Å²) in [5, 5.41) is 10.1. The van der Waals surface area contributed by atoms with Crippen LogP contribution in [0.15, 0.2) is 73.8 Å². The number of aryl methyl sites for hydroxylation is 1. The van der Waals surface area contributed by atoms with Crippen molar-refractivity contribution in [1.82, 2.24) is 0 Å². The average Bonchev–Trinajstić information content (AvgIpc) is 2.86. The molecule has 0 amide bonds. The number of allylic oxidation sites excluding steroid dienone is 2. The fourth-order valence-electron chi connectivity index (χ4n) is 2.88. The first-order valence-corrected chi connectivity index (χ1v) is 13.9. The molecule has 1 aliphatic carbocycles. The van der Waals surface area contributed by atoms with Gasteiger partial charge in [0.15, 0.2) is 0 Å². The smallest absolute Gasteiger partial charge is 0.119 e. The van der Waals surface area contributed by atoms with Crippen LogP contribution in [0.5, 0.6) is 5.75 Å². The standard InChI is InChI=1S/C17H20O.C5H10.2C4H8.C2H6O.C2H6/c1-3-7-15(14-8-5-4-6-9-14)16-12-13(2)10-11-17(16)18;1-3-5-4-2;1-2-4-3-1;1-3-4-2;1-3-2;1-2/h4-6,8-12,15,18H,3,7H2,1-2H3;3H,1,4-5H2,2H3;1-4H2;3H,1,4H2,2H3;1-2H3;1-2H3. The van der Waals surface area contributed by atoms with E-state index in [2.05, 4.69) is 75.9 Å². The molecular weight excluding hydrogens is 440 g/mol. The van der Waals surface area contributed by atoms with E-state index in [9.17, 15) is 5.11 Å². The van der Waals surface area contributed by atoms with Gasteiger partial charge in [0.2, 0.25) is 0 Å². The van der Waals surface area contributed by atoms with E-state index in [1.165, 1.54) is 43.2 Å². The predicted molar refractivity (Wildman–Crippen MR) is 164 cm³/mol. The molecule has 1 aliphatic rings. The van der Waals surface area contributed by atoms with Gasteiger partial charge in [0, 0.05) is 25.7 Å². The van der Waals surface area contributed by atoms with Gasteiger partial charge < -0.3 is 9.84 Å². The maximum absolute atomic E-state index is 10.1. The Morgan fingerprint density at radius 3 is 1.69 bits per heavy atom. The summed E-state index contributed by atoms with van der Waals surface area (Å²) in [5.74, 6) is 0.694. The van der Waals surface area contributed by atoms with Gasteiger partial charge in [0.25, 0.3) is 0 Å². The van der Waals surface area contributed by atoms with Gasteiger partial charge >= 0.3 is 0 Å². The van der Waals surface area contributed by atoms with Crippen molar-refractivity contribution in [3.05, 3.63) is 90.5 Å². The van der Waals surface area contributed by atoms with Gasteiger partial charge in [-0.15, -0.1) is 13.2 Å². The maximum Gasteiger partial charge on any atom is 0.119 e. The molecule has 1 fully saturated rings. The highest BCUT2D eigenvalue weighted by atomic mass is 16.4. The molecular formula is C34H58O2. The minimum absolute atomic E-state index is 0.288. The van der Waals surface area contributed by atoms with Crippen molar-refractivity contribution < 1.29 is 9.84 Å². The number of hydrogen-bond donors (Lipinski definition) is 1. The number of methoxy groups -OCH3 is 1. The van der Waals surface area contributed by atoms with E-state index in [0.717, 1.165) is 31.2 Å². The molecule has 1 saturated carbocycles. The van der Waals surface area contributed by atoms with Gasteiger partial charge in [0.1, 0.15) is 5.75 Å². The second kappa shape index (κ2) is 30.7. The van der Waals surface area contributed by atoms with Crippen LogP contribution in [0.25, 0.3) is 0 Å². The van der Waals surface area contributed by atoms with E-state index < -0.39 is 0 Å². The number of aromatic hydroxyl groups is 1. The average molecular weight is 499 g/mol. The summed E-state index contributed by atoms with van der Waals surface area (Å²) in [6.45, 7) is 19.5. The molecule has 2 aromatic rings. The molecule has 2 aromatic carbocycles. The number of phenols is 1. The minimum atomic E-state index is 0.288. The SMILES string of the molecule is C1CCC1.C=CCC.C=CCCC.CC.CCCC(c1ccccc1)c1cc(C)ccc1O.COC. The van der Waals surface area contributed by atoms with Crippen LogP contribution in [-0.2, 0) is 4.74 Å². The molecule has 0 aliphatic heterocycles. The highest BCUT2D eigenvalue weighted by Gasteiger charge is 2.16. The Morgan fingerprint density at radius 2 is 1.36 bits per heavy atom. The Kier molecular flexibility index (Phi) is 32.6. The van der Waals surface area contributed by atoms with Crippen LogP contribution in [-0.4, -0.2) is 19.3 Å². The fourth-order valence-corrected chi connectivity index (χ4v) is 2.88. The normalized spacial score (nSPS) is 11.2. The summed E-state index contributed by atoms with van der Waals surface area (Å²) >= 11 is 0. The summed E-state index contributed by atoms with van der Waals surface area (Å²) in [7, 11) is 3.25. The predicted octanol–water partition coefficient (Wildman–Crippen LogP) is 11.0. The lowest BCUT2D eigenvalue weighted by atomic mass is 9.86. The van der Waals surface area contributed by atoms with Crippen LogP contribution in [0.2, 0.25) is 0 Å². The number of hydrogen-bond acceptors (Lipinski definition) is 2. The Labute approximate surface area is 225 Å². The zero-order valence-corrected chi connectivity index (χ0v) is 25.0. The molecule has 1 unspecified atom stereocenters. The van der Waals surface area contributed by atoms with Crippen LogP contribution >= 0.6 is 0 Å². The first-order chi connectivity index (χ1) is 17.5. The van der Waals surface area contributed by atoms with E-state index in [-0.39, 0.29) is 5.92 Å². The Balaban J connectivity index is -0.000000493. The van der Waals surface area contributed by atoms with E-state index in [1.807, 2.05) is 38.1 Å². The number of benzene rings is 2. The lowest BCUT2D eigenvalue weighted by Gasteiger charge is -2.19. The van der Waals surface area contributed by atoms with Gasteiger partial charge in [-0.1, -0.05) is 133 Å². The van der Waals surface area contributed by atoms with Crippen LogP contribution < -0.4 is 0 Å². The molecule has 2 nitrogen and oxygen atoms in total. The van der Waals surface area contributed by atoms with Gasteiger partial charge in [0.05, 0.1) is 0 Å². The summed E-state index contributed by atoms with van der Waals surface area (Å²) < 4.78 is 4.25. The van der Waals surface area contributed by atoms with Crippen LogP contribution in [0.4, 0.5) is 0 Å².